The summed E-state index contributed by atoms with van der Waals surface area (Å²) < 4.78 is 7.98. The number of aromatic nitrogens is 2. The first-order valence-corrected chi connectivity index (χ1v) is 7.54. The Balaban J connectivity index is 1.87. The number of hydrogen-bond donors (Lipinski definition) is 1. The van der Waals surface area contributed by atoms with Crippen LogP contribution in [0.3, 0.4) is 0 Å². The van der Waals surface area contributed by atoms with Gasteiger partial charge in [0.1, 0.15) is 0 Å². The molecule has 4 nitrogen and oxygen atoms in total. The lowest BCUT2D eigenvalue weighted by Crippen LogP contribution is -2.22. The van der Waals surface area contributed by atoms with E-state index in [4.69, 9.17) is 10.5 Å². The molecule has 0 spiro atoms. The van der Waals surface area contributed by atoms with Crippen LogP contribution in [0.5, 0.6) is 0 Å². The topological polar surface area (TPSA) is 53.1 Å². The highest BCUT2D eigenvalue weighted by atomic mass is 16.5. The Morgan fingerprint density at radius 3 is 3.00 bits per heavy atom. The molecule has 0 aliphatic carbocycles. The summed E-state index contributed by atoms with van der Waals surface area (Å²) in [5.41, 5.74) is 7.41. The van der Waals surface area contributed by atoms with Gasteiger partial charge in [0.15, 0.2) is 0 Å². The van der Waals surface area contributed by atoms with Crippen molar-refractivity contribution in [3.8, 4) is 0 Å². The number of aryl methyl sites for hydroxylation is 1. The first kappa shape index (κ1) is 14.5. The monoisotopic (exact) mass is 265 g/mol. The van der Waals surface area contributed by atoms with Crippen molar-refractivity contribution in [1.29, 1.82) is 0 Å². The van der Waals surface area contributed by atoms with Gasteiger partial charge in [0.25, 0.3) is 0 Å². The Morgan fingerprint density at radius 1 is 1.47 bits per heavy atom. The van der Waals surface area contributed by atoms with E-state index in [0.29, 0.717) is 12.0 Å². The Hall–Kier alpha value is -0.870. The summed E-state index contributed by atoms with van der Waals surface area (Å²) >= 11 is 0. The molecule has 1 aromatic rings. The normalized spacial score (nSPS) is 21.8. The van der Waals surface area contributed by atoms with Crippen LogP contribution in [-0.4, -0.2) is 22.3 Å². The van der Waals surface area contributed by atoms with E-state index in [0.717, 1.165) is 31.7 Å². The Kier molecular flexibility index (Phi) is 5.40. The van der Waals surface area contributed by atoms with Crippen LogP contribution in [0.1, 0.15) is 57.7 Å². The molecule has 2 unspecified atom stereocenters. The van der Waals surface area contributed by atoms with Gasteiger partial charge in [0, 0.05) is 25.4 Å². The summed E-state index contributed by atoms with van der Waals surface area (Å²) in [4.78, 5) is 4.26. The molecule has 1 fully saturated rings. The highest BCUT2D eigenvalue weighted by molar-refractivity contribution is 5.04. The second kappa shape index (κ2) is 7.06. The van der Waals surface area contributed by atoms with Crippen molar-refractivity contribution < 1.29 is 4.74 Å². The van der Waals surface area contributed by atoms with Crippen LogP contribution in [0.15, 0.2) is 12.5 Å². The minimum Gasteiger partial charge on any atom is -0.378 e. The highest BCUT2D eigenvalue weighted by Gasteiger charge is 2.16. The van der Waals surface area contributed by atoms with Crippen molar-refractivity contribution in [2.75, 3.05) is 6.61 Å². The van der Waals surface area contributed by atoms with Gasteiger partial charge in [-0.25, -0.2) is 4.98 Å². The third-order valence-corrected chi connectivity index (χ3v) is 3.82. The maximum absolute atomic E-state index is 6.26. The number of nitrogens with zero attached hydrogens (tertiary/aromatic N) is 2. The van der Waals surface area contributed by atoms with E-state index in [2.05, 4.69) is 23.4 Å². The molecule has 1 aliphatic rings. The fraction of sp³-hybridized carbons (Fsp3) is 0.800. The van der Waals surface area contributed by atoms with Crippen molar-refractivity contribution in [2.45, 2.75) is 64.6 Å². The average molecular weight is 265 g/mol. The van der Waals surface area contributed by atoms with Crippen LogP contribution in [0.4, 0.5) is 0 Å². The molecule has 2 heterocycles. The summed E-state index contributed by atoms with van der Waals surface area (Å²) in [7, 11) is 0. The van der Waals surface area contributed by atoms with Crippen molar-refractivity contribution in [2.24, 2.45) is 11.7 Å². The van der Waals surface area contributed by atoms with Crippen LogP contribution in [0, 0.1) is 5.92 Å². The quantitative estimate of drug-likeness (QED) is 0.860. The third kappa shape index (κ3) is 4.32. The zero-order chi connectivity index (χ0) is 13.7. The molecule has 0 saturated carbocycles. The van der Waals surface area contributed by atoms with Gasteiger partial charge in [-0.1, -0.05) is 13.8 Å². The lowest BCUT2D eigenvalue weighted by molar-refractivity contribution is 0.00865. The zero-order valence-electron chi connectivity index (χ0n) is 12.2. The Labute approximate surface area is 116 Å². The fourth-order valence-electron chi connectivity index (χ4n) is 2.77. The summed E-state index contributed by atoms with van der Waals surface area (Å²) in [6, 6.07) is 0.0924. The lowest BCUT2D eigenvalue weighted by Gasteiger charge is -2.23. The molecule has 19 heavy (non-hydrogen) atoms. The lowest BCUT2D eigenvalue weighted by atomic mass is 10.0. The summed E-state index contributed by atoms with van der Waals surface area (Å²) in [5, 5.41) is 0. The summed E-state index contributed by atoms with van der Waals surface area (Å²) in [5.74, 6) is 0.611. The molecule has 1 aliphatic heterocycles. The molecule has 2 atom stereocenters. The van der Waals surface area contributed by atoms with E-state index >= 15 is 0 Å². The van der Waals surface area contributed by atoms with Crippen LogP contribution < -0.4 is 5.73 Å². The van der Waals surface area contributed by atoms with Gasteiger partial charge >= 0.3 is 0 Å². The van der Waals surface area contributed by atoms with Crippen LogP contribution in [0.25, 0.3) is 0 Å². The maximum atomic E-state index is 6.26. The van der Waals surface area contributed by atoms with Crippen molar-refractivity contribution in [3.05, 3.63) is 18.2 Å². The van der Waals surface area contributed by atoms with Crippen molar-refractivity contribution >= 4 is 0 Å². The molecule has 0 amide bonds. The molecule has 1 aromatic heterocycles. The minimum absolute atomic E-state index is 0.0924. The molecule has 0 bridgehead atoms. The van der Waals surface area contributed by atoms with Gasteiger partial charge in [0.05, 0.1) is 18.1 Å². The van der Waals surface area contributed by atoms with E-state index < -0.39 is 0 Å². The van der Waals surface area contributed by atoms with Crippen LogP contribution >= 0.6 is 0 Å². The van der Waals surface area contributed by atoms with Gasteiger partial charge in [-0.05, 0) is 38.0 Å². The van der Waals surface area contributed by atoms with E-state index in [1.54, 1.807) is 0 Å². The summed E-state index contributed by atoms with van der Waals surface area (Å²) in [6.45, 7) is 6.30. The maximum Gasteiger partial charge on any atom is 0.0948 e. The van der Waals surface area contributed by atoms with Gasteiger partial charge in [-0.15, -0.1) is 0 Å². The van der Waals surface area contributed by atoms with Gasteiger partial charge in [-0.3, -0.25) is 0 Å². The largest absolute Gasteiger partial charge is 0.378 e. The zero-order valence-corrected chi connectivity index (χ0v) is 12.2. The number of ether oxygens (including phenoxy) is 1. The fourth-order valence-corrected chi connectivity index (χ4v) is 2.77. The molecule has 2 N–H and O–H groups in total. The summed E-state index contributed by atoms with van der Waals surface area (Å²) in [6.07, 6.45) is 10.0. The second-order valence-corrected chi connectivity index (χ2v) is 6.03. The molecule has 108 valence electrons. The van der Waals surface area contributed by atoms with Crippen LogP contribution in [0.2, 0.25) is 0 Å². The minimum atomic E-state index is 0.0924. The third-order valence-electron chi connectivity index (χ3n) is 3.82. The number of rotatable bonds is 6. The smallest absolute Gasteiger partial charge is 0.0948 e. The van der Waals surface area contributed by atoms with E-state index in [1.165, 1.54) is 19.3 Å². The first-order valence-electron chi connectivity index (χ1n) is 7.54. The SMILES string of the molecule is CC(C)CC(N)c1cncn1CCC1CCCCO1. The van der Waals surface area contributed by atoms with Gasteiger partial charge < -0.3 is 15.0 Å². The molecule has 0 aromatic carbocycles. The standard InChI is InChI=1S/C15H27N3O/c1-12(2)9-14(16)15-10-17-11-18(15)7-6-13-5-3-4-8-19-13/h10-14H,3-9,16H2,1-2H3. The van der Waals surface area contributed by atoms with Crippen molar-refractivity contribution in [3.63, 3.8) is 0 Å². The first-order chi connectivity index (χ1) is 9.16. The van der Waals surface area contributed by atoms with E-state index in [-0.39, 0.29) is 6.04 Å². The molecule has 2 rings (SSSR count). The number of nitrogens with two attached hydrogens (primary N) is 1. The van der Waals surface area contributed by atoms with Crippen LogP contribution in [-0.2, 0) is 11.3 Å². The van der Waals surface area contributed by atoms with Gasteiger partial charge in [-0.2, -0.15) is 0 Å². The second-order valence-electron chi connectivity index (χ2n) is 6.03. The molecular weight excluding hydrogens is 238 g/mol. The molecule has 1 saturated heterocycles. The van der Waals surface area contributed by atoms with E-state index in [9.17, 15) is 0 Å². The molecule has 4 heteroatoms. The molecule has 0 radical (unpaired) electrons. The number of imidazole rings is 1. The van der Waals surface area contributed by atoms with E-state index in [1.807, 2.05) is 12.5 Å². The van der Waals surface area contributed by atoms with Gasteiger partial charge in [0.2, 0.25) is 0 Å². The predicted molar refractivity (Wildman–Crippen MR) is 76.8 cm³/mol. The average Bonchev–Trinajstić information content (AvgIpc) is 2.85. The Morgan fingerprint density at radius 2 is 2.32 bits per heavy atom. The predicted octanol–water partition coefficient (Wildman–Crippen LogP) is 2.89. The highest BCUT2D eigenvalue weighted by Crippen LogP contribution is 2.20. The number of hydrogen-bond acceptors (Lipinski definition) is 3. The van der Waals surface area contributed by atoms with Crippen molar-refractivity contribution in [1.82, 2.24) is 9.55 Å². The Bertz CT molecular complexity index is 369. The molecular formula is C15H27N3O.